The number of benzene rings is 1. The lowest BCUT2D eigenvalue weighted by molar-refractivity contribution is 0.0949. The number of aromatic nitrogens is 1. The average Bonchev–Trinajstić information content (AvgIpc) is 3.12. The highest BCUT2D eigenvalue weighted by Crippen LogP contribution is 2.32. The topological polar surface area (TPSA) is 97.8 Å². The number of pyridine rings is 1. The molecule has 2 aliphatic rings. The Kier molecular flexibility index (Phi) is 4.48. The van der Waals surface area contributed by atoms with Crippen LogP contribution >= 0.6 is 0 Å². The highest BCUT2D eigenvalue weighted by Gasteiger charge is 2.26. The van der Waals surface area contributed by atoms with Gasteiger partial charge in [0.05, 0.1) is 11.8 Å². The van der Waals surface area contributed by atoms with Crippen LogP contribution in [0.25, 0.3) is 0 Å². The third-order valence-corrected chi connectivity index (χ3v) is 5.96. The zero-order chi connectivity index (χ0) is 19.0. The van der Waals surface area contributed by atoms with E-state index in [2.05, 4.69) is 10.3 Å². The molecule has 9 heteroatoms. The molecular weight excluding hydrogens is 370 g/mol. The van der Waals surface area contributed by atoms with Gasteiger partial charge in [0, 0.05) is 32.0 Å². The van der Waals surface area contributed by atoms with Crippen LogP contribution in [0.5, 0.6) is 11.5 Å². The second kappa shape index (κ2) is 6.82. The Morgan fingerprint density at radius 3 is 2.89 bits per heavy atom. The Bertz CT molecular complexity index is 1010. The summed E-state index contributed by atoms with van der Waals surface area (Å²) in [6.07, 6.45) is 4.83. The second-order valence-corrected chi connectivity index (χ2v) is 8.52. The van der Waals surface area contributed by atoms with E-state index in [1.807, 2.05) is 18.2 Å². The molecule has 0 fully saturated rings. The fourth-order valence-electron chi connectivity index (χ4n) is 3.27. The van der Waals surface area contributed by atoms with Gasteiger partial charge in [0.1, 0.15) is 0 Å². The van der Waals surface area contributed by atoms with E-state index in [4.69, 9.17) is 9.47 Å². The van der Waals surface area contributed by atoms with Gasteiger partial charge < -0.3 is 14.8 Å². The van der Waals surface area contributed by atoms with Crippen LogP contribution in [0.2, 0.25) is 0 Å². The van der Waals surface area contributed by atoms with Gasteiger partial charge in [-0.3, -0.25) is 9.78 Å². The number of fused-ring (bicyclic) bond motifs is 2. The van der Waals surface area contributed by atoms with Gasteiger partial charge in [0.2, 0.25) is 16.8 Å². The highest BCUT2D eigenvalue weighted by molar-refractivity contribution is 7.88. The summed E-state index contributed by atoms with van der Waals surface area (Å²) >= 11 is 0. The van der Waals surface area contributed by atoms with Crippen molar-refractivity contribution in [2.24, 2.45) is 0 Å². The van der Waals surface area contributed by atoms with E-state index in [9.17, 15) is 13.2 Å². The molecule has 0 atom stereocenters. The second-order valence-electron chi connectivity index (χ2n) is 6.54. The van der Waals surface area contributed by atoms with Crippen LogP contribution in [-0.4, -0.2) is 43.2 Å². The first kappa shape index (κ1) is 17.7. The van der Waals surface area contributed by atoms with Crippen LogP contribution in [-0.2, 0) is 29.5 Å². The lowest BCUT2D eigenvalue weighted by Gasteiger charge is -2.27. The van der Waals surface area contributed by atoms with E-state index in [-0.39, 0.29) is 19.2 Å². The normalized spacial score (nSPS) is 16.0. The molecule has 27 heavy (non-hydrogen) atoms. The summed E-state index contributed by atoms with van der Waals surface area (Å²) in [6.45, 7) is 1.15. The predicted molar refractivity (Wildman–Crippen MR) is 96.9 cm³/mol. The van der Waals surface area contributed by atoms with Gasteiger partial charge in [-0.15, -0.1) is 0 Å². The molecular formula is C18H19N3O5S. The van der Waals surface area contributed by atoms with Crippen molar-refractivity contribution in [1.29, 1.82) is 0 Å². The minimum Gasteiger partial charge on any atom is -0.454 e. The van der Waals surface area contributed by atoms with Gasteiger partial charge in [0.25, 0.3) is 5.91 Å². The van der Waals surface area contributed by atoms with Crippen LogP contribution in [0.15, 0.2) is 30.6 Å². The molecule has 0 unspecified atom stereocenters. The molecule has 8 nitrogen and oxygen atoms in total. The van der Waals surface area contributed by atoms with E-state index in [1.54, 1.807) is 6.20 Å². The van der Waals surface area contributed by atoms with Crippen LogP contribution < -0.4 is 14.8 Å². The maximum absolute atomic E-state index is 12.7. The standard InChI is InChI=1S/C18H19N3O5S/c1-27(23,24)21-5-4-14-13(10-21)8-19-9-15(14)18(22)20-7-12-2-3-16-17(6-12)26-11-25-16/h2-3,6,8-9H,4-5,7,10-11H2,1H3,(H,20,22). The number of hydrogen-bond donors (Lipinski definition) is 1. The number of ether oxygens (including phenoxy) is 2. The summed E-state index contributed by atoms with van der Waals surface area (Å²) in [5, 5.41) is 2.89. The van der Waals surface area contributed by atoms with E-state index in [0.29, 0.717) is 36.6 Å². The number of nitrogens with zero attached hydrogens (tertiary/aromatic N) is 2. The average molecular weight is 389 g/mol. The van der Waals surface area contributed by atoms with E-state index >= 15 is 0 Å². The fourth-order valence-corrected chi connectivity index (χ4v) is 4.07. The van der Waals surface area contributed by atoms with Crippen LogP contribution in [0, 0.1) is 0 Å². The quantitative estimate of drug-likeness (QED) is 0.840. The number of carbonyl (C=O) groups excluding carboxylic acids is 1. The van der Waals surface area contributed by atoms with Gasteiger partial charge in [-0.2, -0.15) is 4.31 Å². The molecule has 2 aliphatic heterocycles. The van der Waals surface area contributed by atoms with E-state index < -0.39 is 10.0 Å². The highest BCUT2D eigenvalue weighted by atomic mass is 32.2. The molecule has 0 saturated carbocycles. The fraction of sp³-hybridized carbons (Fsp3) is 0.333. The maximum atomic E-state index is 12.7. The van der Waals surface area contributed by atoms with E-state index in [1.165, 1.54) is 16.8 Å². The van der Waals surface area contributed by atoms with Gasteiger partial charge in [0.15, 0.2) is 11.5 Å². The molecule has 142 valence electrons. The molecule has 0 spiro atoms. The van der Waals surface area contributed by atoms with Gasteiger partial charge >= 0.3 is 0 Å². The van der Waals surface area contributed by atoms with Crippen molar-refractivity contribution >= 4 is 15.9 Å². The van der Waals surface area contributed by atoms with Crippen molar-refractivity contribution in [3.05, 3.63) is 52.8 Å². The molecule has 3 heterocycles. The molecule has 1 amide bonds. The summed E-state index contributed by atoms with van der Waals surface area (Å²) < 4.78 is 35.5. The van der Waals surface area contributed by atoms with Crippen molar-refractivity contribution in [2.75, 3.05) is 19.6 Å². The zero-order valence-electron chi connectivity index (χ0n) is 14.8. The molecule has 0 aliphatic carbocycles. The lowest BCUT2D eigenvalue weighted by Crippen LogP contribution is -2.36. The summed E-state index contributed by atoms with van der Waals surface area (Å²) in [5.74, 6) is 1.13. The first-order valence-electron chi connectivity index (χ1n) is 8.49. The first-order valence-corrected chi connectivity index (χ1v) is 10.3. The minimum absolute atomic E-state index is 0.206. The van der Waals surface area contributed by atoms with Crippen molar-refractivity contribution in [3.63, 3.8) is 0 Å². The van der Waals surface area contributed by atoms with E-state index in [0.717, 1.165) is 16.7 Å². The zero-order valence-corrected chi connectivity index (χ0v) is 15.6. The number of amides is 1. The van der Waals surface area contributed by atoms with Crippen LogP contribution in [0.1, 0.15) is 27.0 Å². The minimum atomic E-state index is -3.27. The molecule has 1 aromatic carbocycles. The van der Waals surface area contributed by atoms with Gasteiger partial charge in [-0.25, -0.2) is 8.42 Å². The SMILES string of the molecule is CS(=O)(=O)N1CCc2c(cncc2C(=O)NCc2ccc3c(c2)OCO3)C1. The van der Waals surface area contributed by atoms with Crippen molar-refractivity contribution in [3.8, 4) is 11.5 Å². The van der Waals surface area contributed by atoms with Crippen molar-refractivity contribution in [1.82, 2.24) is 14.6 Å². The molecule has 0 bridgehead atoms. The molecule has 0 saturated heterocycles. The number of nitrogens with one attached hydrogen (secondary N) is 1. The largest absolute Gasteiger partial charge is 0.454 e. The predicted octanol–water partition coefficient (Wildman–Crippen LogP) is 1.06. The summed E-state index contributed by atoms with van der Waals surface area (Å²) in [4.78, 5) is 16.8. The molecule has 4 rings (SSSR count). The van der Waals surface area contributed by atoms with Crippen molar-refractivity contribution < 1.29 is 22.7 Å². The molecule has 1 N–H and O–H groups in total. The number of sulfonamides is 1. The Hall–Kier alpha value is -2.65. The number of carbonyl (C=O) groups is 1. The Morgan fingerprint density at radius 2 is 2.07 bits per heavy atom. The lowest BCUT2D eigenvalue weighted by atomic mass is 9.98. The van der Waals surface area contributed by atoms with Gasteiger partial charge in [-0.05, 0) is 35.2 Å². The monoisotopic (exact) mass is 389 g/mol. The summed E-state index contributed by atoms with van der Waals surface area (Å²) in [7, 11) is -3.27. The smallest absolute Gasteiger partial charge is 0.253 e. The maximum Gasteiger partial charge on any atom is 0.253 e. The Balaban J connectivity index is 1.48. The third kappa shape index (κ3) is 3.60. The third-order valence-electron chi connectivity index (χ3n) is 4.71. The Labute approximate surface area is 157 Å². The molecule has 2 aromatic rings. The van der Waals surface area contributed by atoms with Gasteiger partial charge in [-0.1, -0.05) is 6.07 Å². The summed E-state index contributed by atoms with van der Waals surface area (Å²) in [5.41, 5.74) is 3.01. The summed E-state index contributed by atoms with van der Waals surface area (Å²) in [6, 6.07) is 5.53. The van der Waals surface area contributed by atoms with Crippen LogP contribution in [0.3, 0.4) is 0 Å². The van der Waals surface area contributed by atoms with Crippen LogP contribution in [0.4, 0.5) is 0 Å². The van der Waals surface area contributed by atoms with Crippen molar-refractivity contribution in [2.45, 2.75) is 19.5 Å². The first-order chi connectivity index (χ1) is 12.9. The number of hydrogen-bond acceptors (Lipinski definition) is 6. The molecule has 0 radical (unpaired) electrons. The molecule has 1 aromatic heterocycles. The Morgan fingerprint density at radius 1 is 1.26 bits per heavy atom. The number of rotatable bonds is 4.